The van der Waals surface area contributed by atoms with Crippen LogP contribution in [0.5, 0.6) is 0 Å². The summed E-state index contributed by atoms with van der Waals surface area (Å²) in [4.78, 5) is 0. The molecule has 0 bridgehead atoms. The molecule has 4 rings (SSSR count). The van der Waals surface area contributed by atoms with Crippen molar-refractivity contribution in [1.29, 1.82) is 0 Å². The lowest BCUT2D eigenvalue weighted by molar-refractivity contribution is 0.635. The lowest BCUT2D eigenvalue weighted by Crippen LogP contribution is -2.02. The number of aryl methyl sites for hydroxylation is 1. The van der Waals surface area contributed by atoms with Crippen molar-refractivity contribution < 1.29 is 4.39 Å². The van der Waals surface area contributed by atoms with Crippen molar-refractivity contribution in [3.63, 3.8) is 0 Å². The zero-order chi connectivity index (χ0) is 19.0. The minimum atomic E-state index is -0.339. The third kappa shape index (κ3) is 2.79. The Morgan fingerprint density at radius 2 is 1.89 bits per heavy atom. The predicted molar refractivity (Wildman–Crippen MR) is 107 cm³/mol. The van der Waals surface area contributed by atoms with Crippen LogP contribution in [0, 0.1) is 25.1 Å². The van der Waals surface area contributed by atoms with Gasteiger partial charge in [-0.1, -0.05) is 48.4 Å². The molecule has 1 heterocycles. The molecule has 3 nitrogen and oxygen atoms in total. The van der Waals surface area contributed by atoms with Gasteiger partial charge >= 0.3 is 0 Å². The quantitative estimate of drug-likeness (QED) is 0.547. The van der Waals surface area contributed by atoms with Crippen molar-refractivity contribution in [2.75, 3.05) is 0 Å². The molecule has 4 heteroatoms. The third-order valence-corrected chi connectivity index (χ3v) is 4.73. The number of nitrogens with zero attached hydrogens (tertiary/aromatic N) is 2. The average molecular weight is 355 g/mol. The summed E-state index contributed by atoms with van der Waals surface area (Å²) in [6.07, 6.45) is 5.61. The van der Waals surface area contributed by atoms with Crippen LogP contribution in [-0.2, 0) is 6.54 Å². The van der Waals surface area contributed by atoms with Crippen LogP contribution in [0.3, 0.4) is 0 Å². The van der Waals surface area contributed by atoms with Gasteiger partial charge in [0.05, 0.1) is 11.4 Å². The standard InChI is InChI=1S/C23H18FN3/c1-3-17-8-4-5-10-20(17)21-12-11-19-15(2)26-27(23(19)22(21)24)18-9-6-7-16(13-18)14-25/h1,4-13H,14,25H2,2H3. The van der Waals surface area contributed by atoms with Crippen LogP contribution in [-0.4, -0.2) is 9.78 Å². The maximum Gasteiger partial charge on any atom is 0.157 e. The predicted octanol–water partition coefficient (Wildman–Crippen LogP) is 4.58. The van der Waals surface area contributed by atoms with Crippen LogP contribution < -0.4 is 5.73 Å². The van der Waals surface area contributed by atoms with Gasteiger partial charge in [-0.05, 0) is 30.7 Å². The van der Waals surface area contributed by atoms with E-state index in [4.69, 9.17) is 12.2 Å². The van der Waals surface area contributed by atoms with E-state index in [1.54, 1.807) is 10.7 Å². The summed E-state index contributed by atoms with van der Waals surface area (Å²) in [6, 6.07) is 18.7. The molecule has 3 aromatic carbocycles. The zero-order valence-electron chi connectivity index (χ0n) is 14.9. The Morgan fingerprint density at radius 1 is 1.07 bits per heavy atom. The smallest absolute Gasteiger partial charge is 0.157 e. The Balaban J connectivity index is 2.02. The summed E-state index contributed by atoms with van der Waals surface area (Å²) in [5, 5.41) is 5.34. The second kappa shape index (κ2) is 6.71. The summed E-state index contributed by atoms with van der Waals surface area (Å²) in [5.41, 5.74) is 10.5. The summed E-state index contributed by atoms with van der Waals surface area (Å²) >= 11 is 0. The van der Waals surface area contributed by atoms with Gasteiger partial charge in [0, 0.05) is 28.6 Å². The van der Waals surface area contributed by atoms with Gasteiger partial charge in [-0.25, -0.2) is 9.07 Å². The van der Waals surface area contributed by atoms with Crippen LogP contribution in [0.2, 0.25) is 0 Å². The Kier molecular flexibility index (Phi) is 4.23. The second-order valence-electron chi connectivity index (χ2n) is 6.38. The zero-order valence-corrected chi connectivity index (χ0v) is 14.9. The molecule has 0 radical (unpaired) electrons. The third-order valence-electron chi connectivity index (χ3n) is 4.73. The highest BCUT2D eigenvalue weighted by atomic mass is 19.1. The fourth-order valence-corrected chi connectivity index (χ4v) is 3.37. The topological polar surface area (TPSA) is 43.8 Å². The molecule has 0 amide bonds. The maximum absolute atomic E-state index is 15.7. The van der Waals surface area contributed by atoms with Gasteiger partial charge in [-0.2, -0.15) is 5.10 Å². The van der Waals surface area contributed by atoms with E-state index in [9.17, 15) is 0 Å². The van der Waals surface area contributed by atoms with Crippen molar-refractivity contribution in [1.82, 2.24) is 9.78 Å². The van der Waals surface area contributed by atoms with Gasteiger partial charge in [-0.3, -0.25) is 0 Å². The number of fused-ring (bicyclic) bond motifs is 1. The molecule has 0 aliphatic rings. The largest absolute Gasteiger partial charge is 0.326 e. The number of hydrogen-bond acceptors (Lipinski definition) is 2. The van der Waals surface area contributed by atoms with E-state index >= 15 is 4.39 Å². The van der Waals surface area contributed by atoms with Gasteiger partial charge in [0.15, 0.2) is 5.82 Å². The van der Waals surface area contributed by atoms with Gasteiger partial charge in [0.1, 0.15) is 5.52 Å². The number of hydrogen-bond donors (Lipinski definition) is 1. The van der Waals surface area contributed by atoms with E-state index in [1.165, 1.54) is 0 Å². The van der Waals surface area contributed by atoms with Crippen LogP contribution in [0.1, 0.15) is 16.8 Å². The van der Waals surface area contributed by atoms with Crippen LogP contribution in [0.25, 0.3) is 27.7 Å². The summed E-state index contributed by atoms with van der Waals surface area (Å²) in [7, 11) is 0. The first-order valence-corrected chi connectivity index (χ1v) is 8.67. The second-order valence-corrected chi connectivity index (χ2v) is 6.38. The fraction of sp³-hybridized carbons (Fsp3) is 0.0870. The highest BCUT2D eigenvalue weighted by molar-refractivity contribution is 5.89. The number of aromatic nitrogens is 2. The highest BCUT2D eigenvalue weighted by Gasteiger charge is 2.18. The molecule has 27 heavy (non-hydrogen) atoms. The van der Waals surface area contributed by atoms with E-state index in [-0.39, 0.29) is 5.82 Å². The fourth-order valence-electron chi connectivity index (χ4n) is 3.37. The molecule has 4 aromatic rings. The summed E-state index contributed by atoms with van der Waals surface area (Å²) in [6.45, 7) is 2.29. The number of benzene rings is 3. The highest BCUT2D eigenvalue weighted by Crippen LogP contribution is 2.33. The Morgan fingerprint density at radius 3 is 2.67 bits per heavy atom. The van der Waals surface area contributed by atoms with E-state index < -0.39 is 0 Å². The van der Waals surface area contributed by atoms with Gasteiger partial charge in [0.2, 0.25) is 0 Å². The minimum absolute atomic E-state index is 0.339. The molecule has 2 N–H and O–H groups in total. The Labute approximate surface area is 157 Å². The van der Waals surface area contributed by atoms with Crippen molar-refractivity contribution in [3.05, 3.63) is 83.3 Å². The monoisotopic (exact) mass is 355 g/mol. The summed E-state index contributed by atoms with van der Waals surface area (Å²) < 4.78 is 17.3. The molecular weight excluding hydrogens is 337 g/mol. The lowest BCUT2D eigenvalue weighted by atomic mass is 9.98. The molecular formula is C23H18FN3. The molecule has 0 saturated heterocycles. The molecule has 0 fully saturated rings. The number of terminal acetylenes is 1. The Hall–Kier alpha value is -3.42. The van der Waals surface area contributed by atoms with E-state index in [2.05, 4.69) is 11.0 Å². The molecule has 132 valence electrons. The van der Waals surface area contributed by atoms with Gasteiger partial charge in [0.25, 0.3) is 0 Å². The molecule has 0 aliphatic carbocycles. The van der Waals surface area contributed by atoms with Crippen molar-refractivity contribution >= 4 is 10.9 Å². The molecule has 1 aromatic heterocycles. The first-order chi connectivity index (χ1) is 13.1. The normalized spacial score (nSPS) is 10.9. The minimum Gasteiger partial charge on any atom is -0.326 e. The summed E-state index contributed by atoms with van der Waals surface area (Å²) in [5.74, 6) is 2.29. The molecule has 0 saturated carbocycles. The molecule has 0 aliphatic heterocycles. The van der Waals surface area contributed by atoms with Crippen molar-refractivity contribution in [2.45, 2.75) is 13.5 Å². The van der Waals surface area contributed by atoms with E-state index in [0.717, 1.165) is 22.3 Å². The molecule has 0 spiro atoms. The van der Waals surface area contributed by atoms with Gasteiger partial charge in [-0.15, -0.1) is 6.42 Å². The maximum atomic E-state index is 15.7. The van der Waals surface area contributed by atoms with Crippen molar-refractivity contribution in [2.24, 2.45) is 5.73 Å². The van der Waals surface area contributed by atoms with E-state index in [0.29, 0.717) is 28.8 Å². The number of halogens is 1. The lowest BCUT2D eigenvalue weighted by Gasteiger charge is -2.10. The van der Waals surface area contributed by atoms with Crippen molar-refractivity contribution in [3.8, 4) is 29.2 Å². The Bertz CT molecular complexity index is 1200. The van der Waals surface area contributed by atoms with Crippen LogP contribution >= 0.6 is 0 Å². The number of rotatable bonds is 3. The first kappa shape index (κ1) is 17.0. The average Bonchev–Trinajstić information content (AvgIpc) is 3.06. The first-order valence-electron chi connectivity index (χ1n) is 8.67. The van der Waals surface area contributed by atoms with Crippen LogP contribution in [0.15, 0.2) is 60.7 Å². The number of nitrogens with two attached hydrogens (primary N) is 1. The van der Waals surface area contributed by atoms with Gasteiger partial charge < -0.3 is 5.73 Å². The molecule has 0 atom stereocenters. The van der Waals surface area contributed by atoms with Crippen LogP contribution in [0.4, 0.5) is 4.39 Å². The van der Waals surface area contributed by atoms with E-state index in [1.807, 2.05) is 61.5 Å². The SMILES string of the molecule is C#Cc1ccccc1-c1ccc2c(C)nn(-c3cccc(CN)c3)c2c1F. The molecule has 0 unspecified atom stereocenters.